The van der Waals surface area contributed by atoms with E-state index in [1.165, 1.54) is 45.6 Å². The average Bonchev–Trinajstić information content (AvgIpc) is 3.20. The minimum Gasteiger partial charge on any atom is -0.453 e. The third-order valence-corrected chi connectivity index (χ3v) is 11.3. The maximum absolute atomic E-state index is 12.8. The van der Waals surface area contributed by atoms with E-state index in [9.17, 15) is 14.7 Å². The van der Waals surface area contributed by atoms with Crippen LogP contribution in [0.2, 0.25) is 0 Å². The summed E-state index contributed by atoms with van der Waals surface area (Å²) in [6.07, 6.45) is 14.5. The zero-order chi connectivity index (χ0) is 24.8. The normalized spacial score (nSPS) is 40.9. The van der Waals surface area contributed by atoms with E-state index in [-0.39, 0.29) is 18.1 Å². The second-order valence-electron chi connectivity index (χ2n) is 12.7. The van der Waals surface area contributed by atoms with Crippen LogP contribution < -0.4 is 0 Å². The number of rotatable bonds is 4. The van der Waals surface area contributed by atoms with E-state index in [0.717, 1.165) is 49.4 Å². The van der Waals surface area contributed by atoms with Crippen molar-refractivity contribution in [1.29, 1.82) is 0 Å². The van der Waals surface area contributed by atoms with Gasteiger partial charge in [0.05, 0.1) is 13.2 Å². The number of aliphatic hydroxyl groups excluding tert-OH is 1. The van der Waals surface area contributed by atoms with Crippen molar-refractivity contribution in [3.63, 3.8) is 0 Å². The van der Waals surface area contributed by atoms with E-state index in [0.29, 0.717) is 43.4 Å². The first kappa shape index (κ1) is 25.1. The molecule has 1 saturated heterocycles. The summed E-state index contributed by atoms with van der Waals surface area (Å²) in [6, 6.07) is 0. The first-order valence-electron chi connectivity index (χ1n) is 14.2. The Bertz CT molecular complexity index is 850. The number of hydrogen-bond acceptors (Lipinski definition) is 4. The van der Waals surface area contributed by atoms with Crippen molar-refractivity contribution in [2.24, 2.45) is 34.5 Å². The van der Waals surface area contributed by atoms with Gasteiger partial charge in [0.15, 0.2) is 0 Å². The molecular formula is C29H46N2O4. The van der Waals surface area contributed by atoms with Crippen LogP contribution in [0.1, 0.15) is 84.5 Å². The summed E-state index contributed by atoms with van der Waals surface area (Å²) in [4.78, 5) is 28.1. The van der Waals surface area contributed by atoms with Crippen LogP contribution in [0.3, 0.4) is 0 Å². The number of amides is 2. The molecule has 0 unspecified atom stereocenters. The highest BCUT2D eigenvalue weighted by Crippen LogP contribution is 2.66. The molecule has 4 aliphatic carbocycles. The summed E-state index contributed by atoms with van der Waals surface area (Å²) in [5, 5.41) is 10.2. The van der Waals surface area contributed by atoms with Crippen LogP contribution in [-0.4, -0.2) is 66.3 Å². The molecule has 5 rings (SSSR count). The molecule has 5 aliphatic rings. The lowest BCUT2D eigenvalue weighted by Crippen LogP contribution is -2.50. The topological polar surface area (TPSA) is 70.1 Å². The number of piperazine rings is 1. The molecule has 0 aromatic heterocycles. The van der Waals surface area contributed by atoms with Crippen LogP contribution in [0.5, 0.6) is 0 Å². The van der Waals surface area contributed by atoms with E-state index >= 15 is 0 Å². The van der Waals surface area contributed by atoms with Crippen molar-refractivity contribution in [3.8, 4) is 0 Å². The van der Waals surface area contributed by atoms with Crippen LogP contribution >= 0.6 is 0 Å². The molecule has 196 valence electrons. The maximum atomic E-state index is 12.8. The summed E-state index contributed by atoms with van der Waals surface area (Å²) in [5.74, 6) is 3.39. The average molecular weight is 487 g/mol. The molecule has 1 heterocycles. The Morgan fingerprint density at radius 2 is 1.77 bits per heavy atom. The van der Waals surface area contributed by atoms with Crippen molar-refractivity contribution in [2.45, 2.75) is 90.6 Å². The van der Waals surface area contributed by atoms with E-state index in [4.69, 9.17) is 4.74 Å². The van der Waals surface area contributed by atoms with Gasteiger partial charge in [-0.3, -0.25) is 4.79 Å². The molecular weight excluding hydrogens is 440 g/mol. The number of hydrogen-bond donors (Lipinski definition) is 1. The summed E-state index contributed by atoms with van der Waals surface area (Å²) >= 11 is 0. The highest BCUT2D eigenvalue weighted by atomic mass is 16.5. The number of allylic oxidation sites excluding steroid dienone is 1. The molecule has 1 N–H and O–H groups in total. The van der Waals surface area contributed by atoms with E-state index < -0.39 is 0 Å². The van der Waals surface area contributed by atoms with Gasteiger partial charge < -0.3 is 19.6 Å². The number of ether oxygens (including phenoxy) is 1. The molecule has 35 heavy (non-hydrogen) atoms. The van der Waals surface area contributed by atoms with Gasteiger partial charge in [-0.2, -0.15) is 0 Å². The van der Waals surface area contributed by atoms with Crippen LogP contribution in [0.15, 0.2) is 11.6 Å². The number of aliphatic hydroxyl groups is 1. The Morgan fingerprint density at radius 1 is 1.03 bits per heavy atom. The lowest BCUT2D eigenvalue weighted by Gasteiger charge is -2.58. The Morgan fingerprint density at radius 3 is 2.51 bits per heavy atom. The molecule has 0 radical (unpaired) electrons. The van der Waals surface area contributed by atoms with Gasteiger partial charge in [-0.25, -0.2) is 4.79 Å². The number of carbonyl (C=O) groups is 2. The van der Waals surface area contributed by atoms with Crippen LogP contribution in [0, 0.1) is 34.5 Å². The van der Waals surface area contributed by atoms with Gasteiger partial charge in [0.1, 0.15) is 0 Å². The first-order valence-corrected chi connectivity index (χ1v) is 14.2. The minimum absolute atomic E-state index is 0.130. The van der Waals surface area contributed by atoms with Gasteiger partial charge in [0.2, 0.25) is 5.91 Å². The summed E-state index contributed by atoms with van der Waals surface area (Å²) in [6.45, 7) is 7.45. The lowest BCUT2D eigenvalue weighted by atomic mass is 9.47. The van der Waals surface area contributed by atoms with Gasteiger partial charge in [0.25, 0.3) is 0 Å². The Labute approximate surface area is 211 Å². The summed E-state index contributed by atoms with van der Waals surface area (Å²) in [5.41, 5.74) is 2.29. The van der Waals surface area contributed by atoms with E-state index in [1.54, 1.807) is 10.5 Å². The molecule has 0 bridgehead atoms. The van der Waals surface area contributed by atoms with E-state index in [2.05, 4.69) is 19.9 Å². The fraction of sp³-hybridized carbons (Fsp3) is 0.862. The standard InChI is InChI=1S/C29H46N2O4/c1-28-14-12-25-23(9-7-21-19-22(32)11-13-29(21,25)2)24(28)10-8-20(28)5-4-6-26(33)30-15-17-31(18-16-30)27(34)35-3/h7,20,22-25,32H,4-6,8-19H2,1-3H3/t20-,22-,23-,24-,25-,28+,29-/m0/s1. The Balaban J connectivity index is 1.14. The number of fused-ring (bicyclic) bond motifs is 5. The SMILES string of the molecule is COC(=O)N1CCN(C(=O)CCC[C@H]2CC[C@H]3[C@@H]4CC=C5C[C@@H](O)CC[C@]5(C)[C@H]4CC[C@]23C)CC1. The monoisotopic (exact) mass is 486 g/mol. The summed E-state index contributed by atoms with van der Waals surface area (Å²) in [7, 11) is 1.41. The second kappa shape index (κ2) is 9.72. The quantitative estimate of drug-likeness (QED) is 0.567. The van der Waals surface area contributed by atoms with Crippen molar-refractivity contribution in [1.82, 2.24) is 9.80 Å². The molecule has 3 saturated carbocycles. The van der Waals surface area contributed by atoms with Gasteiger partial charge in [-0.15, -0.1) is 0 Å². The fourth-order valence-corrected chi connectivity index (χ4v) is 9.15. The summed E-state index contributed by atoms with van der Waals surface area (Å²) < 4.78 is 4.80. The number of methoxy groups -OCH3 is 1. The molecule has 6 nitrogen and oxygen atoms in total. The third-order valence-electron chi connectivity index (χ3n) is 11.3. The third kappa shape index (κ3) is 4.42. The van der Waals surface area contributed by atoms with Gasteiger partial charge in [0, 0.05) is 32.6 Å². The van der Waals surface area contributed by atoms with Crippen molar-refractivity contribution >= 4 is 12.0 Å². The maximum Gasteiger partial charge on any atom is 0.409 e. The van der Waals surface area contributed by atoms with E-state index in [1.807, 2.05) is 4.90 Å². The van der Waals surface area contributed by atoms with Crippen molar-refractivity contribution < 1.29 is 19.4 Å². The van der Waals surface area contributed by atoms with Crippen molar-refractivity contribution in [3.05, 3.63) is 11.6 Å². The molecule has 0 aromatic carbocycles. The Hall–Kier alpha value is -1.56. The lowest BCUT2D eigenvalue weighted by molar-refractivity contribution is -0.133. The predicted molar refractivity (Wildman–Crippen MR) is 136 cm³/mol. The Kier molecular flexibility index (Phi) is 6.97. The van der Waals surface area contributed by atoms with Gasteiger partial charge in [-0.05, 0) is 98.7 Å². The molecule has 2 amide bonds. The second-order valence-corrected chi connectivity index (χ2v) is 12.7. The molecule has 0 aromatic rings. The van der Waals surface area contributed by atoms with Crippen molar-refractivity contribution in [2.75, 3.05) is 33.3 Å². The number of carbonyl (C=O) groups excluding carboxylic acids is 2. The number of nitrogens with zero attached hydrogens (tertiary/aromatic N) is 2. The van der Waals surface area contributed by atoms with Crippen LogP contribution in [0.25, 0.3) is 0 Å². The van der Waals surface area contributed by atoms with Crippen LogP contribution in [-0.2, 0) is 9.53 Å². The molecule has 6 heteroatoms. The molecule has 4 fully saturated rings. The van der Waals surface area contributed by atoms with Gasteiger partial charge in [-0.1, -0.05) is 25.5 Å². The van der Waals surface area contributed by atoms with Crippen LogP contribution in [0.4, 0.5) is 4.79 Å². The smallest absolute Gasteiger partial charge is 0.409 e. The molecule has 7 atom stereocenters. The highest BCUT2D eigenvalue weighted by Gasteiger charge is 2.58. The highest BCUT2D eigenvalue weighted by molar-refractivity contribution is 5.76. The fourth-order valence-electron chi connectivity index (χ4n) is 9.15. The molecule has 0 spiro atoms. The zero-order valence-electron chi connectivity index (χ0n) is 22.1. The molecule has 1 aliphatic heterocycles. The van der Waals surface area contributed by atoms with Gasteiger partial charge >= 0.3 is 6.09 Å². The largest absolute Gasteiger partial charge is 0.453 e. The zero-order valence-corrected chi connectivity index (χ0v) is 22.1. The minimum atomic E-state index is -0.296. The predicted octanol–water partition coefficient (Wildman–Crippen LogP) is 5.01. The first-order chi connectivity index (χ1) is 16.8.